The summed E-state index contributed by atoms with van der Waals surface area (Å²) in [6.45, 7) is 0. The highest BCUT2D eigenvalue weighted by molar-refractivity contribution is 6.20. The van der Waals surface area contributed by atoms with Gasteiger partial charge < -0.3 is 9.52 Å². The number of carboxylic acid groups (broad SMARTS) is 1. The fourth-order valence-corrected chi connectivity index (χ4v) is 1.55. The number of rotatable bonds is 4. The Morgan fingerprint density at radius 3 is 2.42 bits per heavy atom. The lowest BCUT2D eigenvalue weighted by atomic mass is 10.1. The van der Waals surface area contributed by atoms with E-state index < -0.39 is 16.8 Å². The number of hydrogen-bond donors (Lipinski definition) is 1. The number of carboxylic acids is 1. The van der Waals surface area contributed by atoms with Crippen molar-refractivity contribution >= 4 is 23.5 Å². The van der Waals surface area contributed by atoms with E-state index in [4.69, 9.17) is 9.52 Å². The lowest BCUT2D eigenvalue weighted by Crippen LogP contribution is -1.99. The molecule has 19 heavy (non-hydrogen) atoms. The molecule has 2 rings (SSSR count). The van der Waals surface area contributed by atoms with Gasteiger partial charge >= 0.3 is 11.9 Å². The van der Waals surface area contributed by atoms with Crippen LogP contribution in [-0.2, 0) is 4.79 Å². The molecule has 1 aromatic heterocycles. The summed E-state index contributed by atoms with van der Waals surface area (Å²) in [4.78, 5) is 21.0. The van der Waals surface area contributed by atoms with Gasteiger partial charge in [0.2, 0.25) is 0 Å². The summed E-state index contributed by atoms with van der Waals surface area (Å²) in [5.74, 6) is -1.44. The average molecular weight is 259 g/mol. The van der Waals surface area contributed by atoms with E-state index in [2.05, 4.69) is 0 Å². The van der Waals surface area contributed by atoms with Gasteiger partial charge in [-0.2, -0.15) is 0 Å². The Balaban J connectivity index is 2.41. The summed E-state index contributed by atoms with van der Waals surface area (Å²) in [5, 5.41) is 19.6. The largest absolute Gasteiger partial charge is 0.478 e. The number of nitro groups is 1. The smallest absolute Gasteiger partial charge is 0.433 e. The van der Waals surface area contributed by atoms with Crippen molar-refractivity contribution in [1.29, 1.82) is 0 Å². The zero-order valence-electron chi connectivity index (χ0n) is 9.65. The third-order valence-corrected chi connectivity index (χ3v) is 2.39. The van der Waals surface area contributed by atoms with E-state index in [1.54, 1.807) is 30.3 Å². The van der Waals surface area contributed by atoms with Gasteiger partial charge in [-0.15, -0.1) is 0 Å². The van der Waals surface area contributed by atoms with E-state index in [1.165, 1.54) is 18.2 Å². The number of benzene rings is 1. The van der Waals surface area contributed by atoms with Gasteiger partial charge in [-0.3, -0.25) is 10.1 Å². The molecule has 1 aromatic carbocycles. The molecule has 2 aromatic rings. The van der Waals surface area contributed by atoms with Crippen LogP contribution in [0.25, 0.3) is 11.6 Å². The van der Waals surface area contributed by atoms with Crippen molar-refractivity contribution in [3.05, 3.63) is 63.9 Å². The van der Waals surface area contributed by atoms with E-state index in [0.29, 0.717) is 5.56 Å². The van der Waals surface area contributed by atoms with Crippen molar-refractivity contribution < 1.29 is 19.2 Å². The zero-order valence-corrected chi connectivity index (χ0v) is 9.65. The normalized spacial score (nSPS) is 11.3. The van der Waals surface area contributed by atoms with Crippen molar-refractivity contribution in [2.24, 2.45) is 0 Å². The first-order chi connectivity index (χ1) is 9.08. The second kappa shape index (κ2) is 5.18. The molecule has 1 heterocycles. The van der Waals surface area contributed by atoms with E-state index >= 15 is 0 Å². The van der Waals surface area contributed by atoms with E-state index in [0.717, 1.165) is 0 Å². The Labute approximate surface area is 107 Å². The Bertz CT molecular complexity index is 642. The van der Waals surface area contributed by atoms with Crippen molar-refractivity contribution in [1.82, 2.24) is 0 Å². The topological polar surface area (TPSA) is 93.6 Å². The minimum absolute atomic E-state index is 0.00449. The zero-order chi connectivity index (χ0) is 13.8. The first-order valence-corrected chi connectivity index (χ1v) is 5.32. The molecular weight excluding hydrogens is 250 g/mol. The predicted molar refractivity (Wildman–Crippen MR) is 67.3 cm³/mol. The maximum Gasteiger partial charge on any atom is 0.433 e. The van der Waals surface area contributed by atoms with Gasteiger partial charge in [0.1, 0.15) is 10.7 Å². The van der Waals surface area contributed by atoms with E-state index in [9.17, 15) is 14.9 Å². The third-order valence-electron chi connectivity index (χ3n) is 2.39. The standard InChI is InChI=1S/C13H9NO5/c15-13(16)11(9-4-2-1-3-5-9)8-10-6-7-12(19-10)14(17)18/h1-8H,(H,15,16)/b11-8-. The molecule has 0 amide bonds. The number of hydrogen-bond acceptors (Lipinski definition) is 4. The van der Waals surface area contributed by atoms with Gasteiger partial charge in [0, 0.05) is 0 Å². The molecule has 0 saturated carbocycles. The summed E-state index contributed by atoms with van der Waals surface area (Å²) in [5.41, 5.74) is 0.499. The maximum atomic E-state index is 11.2. The van der Waals surface area contributed by atoms with Crippen molar-refractivity contribution in [3.8, 4) is 0 Å². The monoisotopic (exact) mass is 259 g/mol. The highest BCUT2D eigenvalue weighted by Crippen LogP contribution is 2.22. The fraction of sp³-hybridized carbons (Fsp3) is 0. The van der Waals surface area contributed by atoms with Crippen LogP contribution in [0.4, 0.5) is 5.88 Å². The lowest BCUT2D eigenvalue weighted by Gasteiger charge is -2.00. The lowest BCUT2D eigenvalue weighted by molar-refractivity contribution is -0.402. The first kappa shape index (κ1) is 12.6. The fourth-order valence-electron chi connectivity index (χ4n) is 1.55. The molecule has 0 radical (unpaired) electrons. The van der Waals surface area contributed by atoms with Crippen LogP contribution in [-0.4, -0.2) is 16.0 Å². The SMILES string of the molecule is O=C(O)/C(=C\c1ccc([N+](=O)[O-])o1)c1ccccc1. The summed E-state index contributed by atoms with van der Waals surface area (Å²) >= 11 is 0. The molecule has 6 nitrogen and oxygen atoms in total. The number of aliphatic carboxylic acids is 1. The Morgan fingerprint density at radius 1 is 1.21 bits per heavy atom. The van der Waals surface area contributed by atoms with Gasteiger partial charge in [0.25, 0.3) is 0 Å². The molecule has 6 heteroatoms. The minimum Gasteiger partial charge on any atom is -0.478 e. The molecule has 0 fully saturated rings. The van der Waals surface area contributed by atoms with Crippen LogP contribution in [0.1, 0.15) is 11.3 Å². The third kappa shape index (κ3) is 2.86. The maximum absolute atomic E-state index is 11.2. The van der Waals surface area contributed by atoms with E-state index in [1.807, 2.05) is 0 Å². The Kier molecular flexibility index (Phi) is 3.42. The summed E-state index contributed by atoms with van der Waals surface area (Å²) in [6.07, 6.45) is 1.25. The molecule has 0 aliphatic carbocycles. The second-order valence-corrected chi connectivity index (χ2v) is 3.66. The summed E-state index contributed by atoms with van der Waals surface area (Å²) < 4.78 is 4.91. The van der Waals surface area contributed by atoms with Gasteiger partial charge in [0.05, 0.1) is 11.6 Å². The molecule has 96 valence electrons. The highest BCUT2D eigenvalue weighted by atomic mass is 16.6. The van der Waals surface area contributed by atoms with E-state index in [-0.39, 0.29) is 11.3 Å². The Morgan fingerprint density at radius 2 is 1.89 bits per heavy atom. The molecule has 1 N–H and O–H groups in total. The molecular formula is C13H9NO5. The molecule has 0 bridgehead atoms. The van der Waals surface area contributed by atoms with Gasteiger partial charge in [0.15, 0.2) is 0 Å². The summed E-state index contributed by atoms with van der Waals surface area (Å²) in [6, 6.07) is 11.0. The second-order valence-electron chi connectivity index (χ2n) is 3.66. The van der Waals surface area contributed by atoms with Crippen LogP contribution in [0, 0.1) is 10.1 Å². The molecule has 0 aliphatic rings. The number of carbonyl (C=O) groups is 1. The molecule has 0 unspecified atom stereocenters. The molecule has 0 atom stereocenters. The van der Waals surface area contributed by atoms with Crippen LogP contribution in [0.5, 0.6) is 0 Å². The predicted octanol–water partition coefficient (Wildman–Crippen LogP) is 2.81. The van der Waals surface area contributed by atoms with Gasteiger partial charge in [-0.25, -0.2) is 4.79 Å². The van der Waals surface area contributed by atoms with Gasteiger partial charge in [-0.1, -0.05) is 30.3 Å². The molecule has 0 saturated heterocycles. The first-order valence-electron chi connectivity index (χ1n) is 5.32. The van der Waals surface area contributed by atoms with Crippen LogP contribution >= 0.6 is 0 Å². The quantitative estimate of drug-likeness (QED) is 0.517. The van der Waals surface area contributed by atoms with Crippen LogP contribution in [0.2, 0.25) is 0 Å². The molecule has 0 aliphatic heterocycles. The molecule has 0 spiro atoms. The number of nitrogens with zero attached hydrogens (tertiary/aromatic N) is 1. The van der Waals surface area contributed by atoms with Gasteiger partial charge in [-0.05, 0) is 17.7 Å². The van der Waals surface area contributed by atoms with Crippen molar-refractivity contribution in [2.45, 2.75) is 0 Å². The number of furan rings is 1. The summed E-state index contributed by atoms with van der Waals surface area (Å²) in [7, 11) is 0. The van der Waals surface area contributed by atoms with Crippen LogP contribution < -0.4 is 0 Å². The highest BCUT2D eigenvalue weighted by Gasteiger charge is 2.14. The van der Waals surface area contributed by atoms with Crippen molar-refractivity contribution in [2.75, 3.05) is 0 Å². The van der Waals surface area contributed by atoms with Crippen LogP contribution in [0.15, 0.2) is 46.9 Å². The average Bonchev–Trinajstić information content (AvgIpc) is 2.85. The Hall–Kier alpha value is -2.89. The minimum atomic E-state index is -1.13. The van der Waals surface area contributed by atoms with Crippen molar-refractivity contribution in [3.63, 3.8) is 0 Å². The van der Waals surface area contributed by atoms with Crippen LogP contribution in [0.3, 0.4) is 0 Å².